The molecule has 0 radical (unpaired) electrons. The van der Waals surface area contributed by atoms with Gasteiger partial charge in [0, 0.05) is 14.5 Å². The third-order valence-corrected chi connectivity index (χ3v) is 8.21. The van der Waals surface area contributed by atoms with Gasteiger partial charge in [-0.25, -0.2) is 0 Å². The third kappa shape index (κ3) is 3.08. The highest BCUT2D eigenvalue weighted by Gasteiger charge is 2.37. The van der Waals surface area contributed by atoms with Gasteiger partial charge in [-0.05, 0) is 26.7 Å². The Balaban J connectivity index is 2.82. The minimum absolute atomic E-state index is 0.0997. The van der Waals surface area contributed by atoms with E-state index in [1.165, 1.54) is 5.57 Å². The summed E-state index contributed by atoms with van der Waals surface area (Å²) in [4.78, 5) is 0.505. The lowest BCUT2D eigenvalue weighted by Gasteiger charge is -2.36. The fraction of sp³-hybridized carbons (Fsp3) is 0.800. The van der Waals surface area contributed by atoms with Crippen LogP contribution in [0.3, 0.4) is 0 Å². The summed E-state index contributed by atoms with van der Waals surface area (Å²) in [5.74, 6) is 0. The van der Waals surface area contributed by atoms with Crippen molar-refractivity contribution in [2.75, 3.05) is 5.33 Å². The maximum atomic E-state index is 3.76. The molecular weight excluding hydrogens is 440 g/mol. The molecule has 0 saturated carbocycles. The summed E-state index contributed by atoms with van der Waals surface area (Å²) in [6, 6.07) is 0. The number of alkyl halides is 4. The van der Waals surface area contributed by atoms with Crippen molar-refractivity contribution in [2.45, 2.75) is 40.2 Å². The first-order chi connectivity index (χ1) is 6.29. The molecule has 0 aromatic carbocycles. The van der Waals surface area contributed by atoms with Crippen molar-refractivity contribution in [1.82, 2.24) is 0 Å². The highest BCUT2D eigenvalue weighted by Crippen LogP contribution is 2.44. The molecule has 3 unspecified atom stereocenters. The first-order valence-electron chi connectivity index (χ1n) is 4.57. The van der Waals surface area contributed by atoms with Gasteiger partial charge in [0.25, 0.3) is 0 Å². The van der Waals surface area contributed by atoms with Crippen LogP contribution in [-0.2, 0) is 0 Å². The molecule has 0 fully saturated rings. The first kappa shape index (κ1) is 13.7. The van der Waals surface area contributed by atoms with Crippen LogP contribution < -0.4 is 0 Å². The Bertz CT molecular complexity index is 243. The quantitative estimate of drug-likeness (QED) is 0.399. The molecule has 1 aliphatic carbocycles. The lowest BCUT2D eigenvalue weighted by Crippen LogP contribution is -2.35. The van der Waals surface area contributed by atoms with Crippen LogP contribution in [0.5, 0.6) is 0 Å². The fourth-order valence-electron chi connectivity index (χ4n) is 1.45. The Kier molecular flexibility index (Phi) is 4.79. The van der Waals surface area contributed by atoms with E-state index in [1.54, 1.807) is 0 Å². The predicted octanol–water partition coefficient (Wildman–Crippen LogP) is 5.17. The van der Waals surface area contributed by atoms with Gasteiger partial charge in [-0.3, -0.25) is 0 Å². The van der Waals surface area contributed by atoms with E-state index >= 15 is 0 Å². The zero-order valence-corrected chi connectivity index (χ0v) is 14.6. The van der Waals surface area contributed by atoms with Crippen LogP contribution in [0, 0.1) is 0 Å². The lowest BCUT2D eigenvalue weighted by molar-refractivity contribution is 0.576. The molecule has 0 spiro atoms. The molecule has 0 amide bonds. The van der Waals surface area contributed by atoms with Crippen LogP contribution in [0.25, 0.3) is 0 Å². The minimum atomic E-state index is 0.0997. The van der Waals surface area contributed by atoms with Gasteiger partial charge in [0.15, 0.2) is 0 Å². The number of rotatable bonds is 2. The maximum absolute atomic E-state index is 3.76. The van der Waals surface area contributed by atoms with Crippen LogP contribution in [0.1, 0.15) is 26.7 Å². The second kappa shape index (κ2) is 4.89. The monoisotopic (exact) mass is 450 g/mol. The fourth-order valence-corrected chi connectivity index (χ4v) is 2.99. The zero-order valence-electron chi connectivity index (χ0n) is 8.29. The van der Waals surface area contributed by atoms with E-state index in [0.717, 1.165) is 18.2 Å². The van der Waals surface area contributed by atoms with Crippen LogP contribution in [-0.4, -0.2) is 18.8 Å². The lowest BCUT2D eigenvalue weighted by atomic mass is 9.85. The van der Waals surface area contributed by atoms with Gasteiger partial charge in [0.05, 0.1) is 4.32 Å². The number of hydrogen-bond donors (Lipinski definition) is 0. The van der Waals surface area contributed by atoms with Crippen LogP contribution >= 0.6 is 63.7 Å². The van der Waals surface area contributed by atoms with Crippen molar-refractivity contribution in [1.29, 1.82) is 0 Å². The smallest absolute Gasteiger partial charge is 0.0534 e. The summed E-state index contributed by atoms with van der Waals surface area (Å²) in [6.45, 7) is 4.45. The van der Waals surface area contributed by atoms with Gasteiger partial charge in [-0.1, -0.05) is 75.4 Å². The topological polar surface area (TPSA) is 0 Å². The largest absolute Gasteiger partial charge is 0.0909 e. The average Bonchev–Trinajstić information content (AvgIpc) is 2.09. The first-order valence-corrected chi connectivity index (χ1v) is 8.19. The van der Waals surface area contributed by atoms with E-state index in [2.05, 4.69) is 83.6 Å². The van der Waals surface area contributed by atoms with Gasteiger partial charge in [-0.2, -0.15) is 0 Å². The van der Waals surface area contributed by atoms with Gasteiger partial charge in [0.1, 0.15) is 0 Å². The number of halogens is 4. The molecule has 1 rings (SSSR count). The Morgan fingerprint density at radius 2 is 2.21 bits per heavy atom. The van der Waals surface area contributed by atoms with Gasteiger partial charge >= 0.3 is 0 Å². The molecule has 4 heteroatoms. The standard InChI is InChI=1S/C10H14Br4/c1-9(13)4-3-7(5-8(9)12)10(2,14)6-11/h3,8H,4-6H2,1-2H3. The van der Waals surface area contributed by atoms with Crippen LogP contribution in [0.4, 0.5) is 0 Å². The molecule has 0 saturated heterocycles. The molecule has 0 bridgehead atoms. The normalized spacial score (nSPS) is 37.6. The van der Waals surface area contributed by atoms with Crippen molar-refractivity contribution in [3.8, 4) is 0 Å². The Morgan fingerprint density at radius 1 is 1.64 bits per heavy atom. The highest BCUT2D eigenvalue weighted by molar-refractivity contribution is 9.13. The molecule has 0 heterocycles. The number of hydrogen-bond acceptors (Lipinski definition) is 0. The Labute approximate surface area is 120 Å². The molecular formula is C10H14Br4. The highest BCUT2D eigenvalue weighted by atomic mass is 79.9. The van der Waals surface area contributed by atoms with Gasteiger partial charge < -0.3 is 0 Å². The Hall–Kier alpha value is 1.66. The SMILES string of the molecule is CC(Br)(CBr)C1=CCC(C)(Br)C(Br)C1. The maximum Gasteiger partial charge on any atom is 0.0534 e. The third-order valence-electron chi connectivity index (χ3n) is 2.72. The minimum Gasteiger partial charge on any atom is -0.0909 e. The van der Waals surface area contributed by atoms with E-state index in [-0.39, 0.29) is 8.65 Å². The van der Waals surface area contributed by atoms with Crippen molar-refractivity contribution in [3.63, 3.8) is 0 Å². The van der Waals surface area contributed by atoms with Crippen molar-refractivity contribution >= 4 is 63.7 Å². The van der Waals surface area contributed by atoms with E-state index in [1.807, 2.05) is 0 Å². The number of allylic oxidation sites excluding steroid dienone is 2. The van der Waals surface area contributed by atoms with Crippen LogP contribution in [0.15, 0.2) is 11.6 Å². The molecule has 3 atom stereocenters. The van der Waals surface area contributed by atoms with E-state index in [4.69, 9.17) is 0 Å². The average molecular weight is 454 g/mol. The van der Waals surface area contributed by atoms with Gasteiger partial charge in [-0.15, -0.1) is 0 Å². The Morgan fingerprint density at radius 3 is 2.64 bits per heavy atom. The molecule has 0 aromatic heterocycles. The second-order valence-corrected chi connectivity index (χ2v) is 9.44. The predicted molar refractivity (Wildman–Crippen MR) is 78.5 cm³/mol. The molecule has 0 aliphatic heterocycles. The molecule has 0 N–H and O–H groups in total. The zero-order chi connectivity index (χ0) is 11.0. The van der Waals surface area contributed by atoms with E-state index in [0.29, 0.717) is 4.83 Å². The van der Waals surface area contributed by atoms with Crippen molar-refractivity contribution < 1.29 is 0 Å². The summed E-state index contributed by atoms with van der Waals surface area (Å²) < 4.78 is 0.300. The summed E-state index contributed by atoms with van der Waals surface area (Å²) >= 11 is 14.8. The summed E-state index contributed by atoms with van der Waals surface area (Å²) in [7, 11) is 0. The molecule has 0 nitrogen and oxygen atoms in total. The van der Waals surface area contributed by atoms with E-state index < -0.39 is 0 Å². The molecule has 1 aliphatic rings. The van der Waals surface area contributed by atoms with Crippen LogP contribution in [0.2, 0.25) is 0 Å². The molecule has 14 heavy (non-hydrogen) atoms. The molecule has 82 valence electrons. The molecule has 0 aromatic rings. The summed E-state index contributed by atoms with van der Waals surface area (Å²) in [5.41, 5.74) is 1.48. The van der Waals surface area contributed by atoms with Crippen molar-refractivity contribution in [3.05, 3.63) is 11.6 Å². The summed E-state index contributed by atoms with van der Waals surface area (Å²) in [5, 5.41) is 0.949. The van der Waals surface area contributed by atoms with Gasteiger partial charge in [0.2, 0.25) is 0 Å². The summed E-state index contributed by atoms with van der Waals surface area (Å²) in [6.07, 6.45) is 4.52. The van der Waals surface area contributed by atoms with Crippen molar-refractivity contribution in [2.24, 2.45) is 0 Å². The second-order valence-electron chi connectivity index (χ2n) is 4.21. The van der Waals surface area contributed by atoms with E-state index in [9.17, 15) is 0 Å².